The molecule has 0 aromatic heterocycles. The fourth-order valence-electron chi connectivity index (χ4n) is 1.76. The van der Waals surface area contributed by atoms with Gasteiger partial charge in [0.1, 0.15) is 5.75 Å². The minimum Gasteiger partial charge on any atom is -0.496 e. The fraction of sp³-hybridized carbons (Fsp3) is 0.571. The molecule has 0 aliphatic heterocycles. The summed E-state index contributed by atoms with van der Waals surface area (Å²) >= 11 is 0. The van der Waals surface area contributed by atoms with Crippen molar-refractivity contribution in [1.29, 1.82) is 0 Å². The normalized spacial score (nSPS) is 11.5. The molecule has 2 N–H and O–H groups in total. The van der Waals surface area contributed by atoms with Crippen molar-refractivity contribution in [2.45, 2.75) is 45.1 Å². The van der Waals surface area contributed by atoms with Gasteiger partial charge in [0.2, 0.25) is 0 Å². The molecule has 0 unspecified atom stereocenters. The first kappa shape index (κ1) is 13.0. The van der Waals surface area contributed by atoms with Crippen LogP contribution in [-0.4, -0.2) is 12.6 Å². The van der Waals surface area contributed by atoms with Crippen molar-refractivity contribution < 1.29 is 4.74 Å². The highest BCUT2D eigenvalue weighted by atomic mass is 16.5. The third-order valence-electron chi connectivity index (χ3n) is 3.38. The Kier molecular flexibility index (Phi) is 4.81. The molecule has 0 aliphatic carbocycles. The average molecular weight is 220 g/mol. The van der Waals surface area contributed by atoms with Crippen LogP contribution >= 0.6 is 0 Å². The van der Waals surface area contributed by atoms with Crippen LogP contribution in [0, 0.1) is 6.07 Å². The number of methoxy groups -OCH3 is 1. The Morgan fingerprint density at radius 3 is 2.62 bits per heavy atom. The lowest BCUT2D eigenvalue weighted by molar-refractivity contribution is 0.367. The molecule has 1 aromatic carbocycles. The van der Waals surface area contributed by atoms with E-state index in [2.05, 4.69) is 26.0 Å². The van der Waals surface area contributed by atoms with E-state index in [1.165, 1.54) is 5.56 Å². The SMILES string of the molecule is CCC(N)(CC)CCc1cc[c]c(OC)c1. The van der Waals surface area contributed by atoms with Gasteiger partial charge in [-0.2, -0.15) is 0 Å². The summed E-state index contributed by atoms with van der Waals surface area (Å²) in [6, 6.07) is 9.05. The van der Waals surface area contributed by atoms with Gasteiger partial charge in [-0.05, 0) is 37.3 Å². The zero-order chi connectivity index (χ0) is 12.0. The Bertz CT molecular complexity index is 318. The predicted molar refractivity (Wildman–Crippen MR) is 67.7 cm³/mol. The molecule has 0 amide bonds. The van der Waals surface area contributed by atoms with Crippen molar-refractivity contribution in [1.82, 2.24) is 0 Å². The van der Waals surface area contributed by atoms with Gasteiger partial charge < -0.3 is 10.5 Å². The lowest BCUT2D eigenvalue weighted by atomic mass is 9.87. The predicted octanol–water partition coefficient (Wildman–Crippen LogP) is 2.95. The number of rotatable bonds is 6. The largest absolute Gasteiger partial charge is 0.496 e. The van der Waals surface area contributed by atoms with E-state index in [-0.39, 0.29) is 5.54 Å². The Morgan fingerprint density at radius 2 is 2.06 bits per heavy atom. The van der Waals surface area contributed by atoms with Crippen molar-refractivity contribution in [2.75, 3.05) is 7.11 Å². The second-order valence-corrected chi connectivity index (χ2v) is 4.33. The lowest BCUT2D eigenvalue weighted by Crippen LogP contribution is -2.38. The first-order valence-electron chi connectivity index (χ1n) is 5.97. The molecular formula is C14H22NO. The summed E-state index contributed by atoms with van der Waals surface area (Å²) in [7, 11) is 1.67. The molecule has 0 spiro atoms. The van der Waals surface area contributed by atoms with E-state index in [0.29, 0.717) is 0 Å². The van der Waals surface area contributed by atoms with E-state index in [9.17, 15) is 0 Å². The monoisotopic (exact) mass is 220 g/mol. The first-order chi connectivity index (χ1) is 7.63. The number of nitrogens with two attached hydrogens (primary N) is 1. The van der Waals surface area contributed by atoms with Gasteiger partial charge >= 0.3 is 0 Å². The Morgan fingerprint density at radius 1 is 1.38 bits per heavy atom. The molecule has 16 heavy (non-hydrogen) atoms. The summed E-state index contributed by atoms with van der Waals surface area (Å²) in [5.74, 6) is 0.799. The maximum atomic E-state index is 6.28. The molecule has 89 valence electrons. The molecule has 0 heterocycles. The average Bonchev–Trinajstić information content (AvgIpc) is 2.36. The molecule has 0 bridgehead atoms. The third kappa shape index (κ3) is 3.53. The van der Waals surface area contributed by atoms with Crippen molar-refractivity contribution >= 4 is 0 Å². The minimum absolute atomic E-state index is 0.0210. The molecule has 0 saturated heterocycles. The highest BCUT2D eigenvalue weighted by Crippen LogP contribution is 2.20. The fourth-order valence-corrected chi connectivity index (χ4v) is 1.76. The van der Waals surface area contributed by atoms with Gasteiger partial charge in [0.25, 0.3) is 0 Å². The molecule has 1 rings (SSSR count). The smallest absolute Gasteiger partial charge is 0.127 e. The number of ether oxygens (including phenoxy) is 1. The molecule has 0 aliphatic rings. The Hall–Kier alpha value is -1.02. The van der Waals surface area contributed by atoms with Crippen LogP contribution in [-0.2, 0) is 6.42 Å². The summed E-state index contributed by atoms with van der Waals surface area (Å²) in [5, 5.41) is 0. The van der Waals surface area contributed by atoms with E-state index in [0.717, 1.165) is 31.4 Å². The van der Waals surface area contributed by atoms with Crippen molar-refractivity contribution in [2.24, 2.45) is 5.73 Å². The van der Waals surface area contributed by atoms with E-state index < -0.39 is 0 Å². The van der Waals surface area contributed by atoms with Gasteiger partial charge in [-0.3, -0.25) is 0 Å². The van der Waals surface area contributed by atoms with Crippen molar-refractivity contribution in [3.63, 3.8) is 0 Å². The van der Waals surface area contributed by atoms with Crippen LogP contribution in [0.5, 0.6) is 5.75 Å². The molecule has 0 atom stereocenters. The summed E-state index contributed by atoms with van der Waals surface area (Å²) in [4.78, 5) is 0. The van der Waals surface area contributed by atoms with Crippen LogP contribution < -0.4 is 10.5 Å². The molecule has 2 nitrogen and oxygen atoms in total. The van der Waals surface area contributed by atoms with E-state index in [1.807, 2.05) is 12.1 Å². The van der Waals surface area contributed by atoms with Crippen LogP contribution in [0.3, 0.4) is 0 Å². The van der Waals surface area contributed by atoms with Crippen LogP contribution in [0.15, 0.2) is 18.2 Å². The van der Waals surface area contributed by atoms with Crippen LogP contribution in [0.25, 0.3) is 0 Å². The Balaban J connectivity index is 2.60. The molecule has 0 fully saturated rings. The maximum absolute atomic E-state index is 6.28. The molecular weight excluding hydrogens is 198 g/mol. The van der Waals surface area contributed by atoms with Gasteiger partial charge in [0.15, 0.2) is 0 Å². The molecule has 0 saturated carbocycles. The molecule has 1 aromatic rings. The third-order valence-corrected chi connectivity index (χ3v) is 3.38. The number of benzene rings is 1. The maximum Gasteiger partial charge on any atom is 0.127 e. The lowest BCUT2D eigenvalue weighted by Gasteiger charge is -2.26. The van der Waals surface area contributed by atoms with Gasteiger partial charge in [0, 0.05) is 11.6 Å². The van der Waals surface area contributed by atoms with Gasteiger partial charge in [-0.15, -0.1) is 0 Å². The van der Waals surface area contributed by atoms with E-state index >= 15 is 0 Å². The van der Waals surface area contributed by atoms with Gasteiger partial charge in [-0.1, -0.05) is 26.0 Å². The number of aryl methyl sites for hydroxylation is 1. The second kappa shape index (κ2) is 5.90. The summed E-state index contributed by atoms with van der Waals surface area (Å²) in [6.07, 6.45) is 4.08. The first-order valence-corrected chi connectivity index (χ1v) is 5.97. The number of hydrogen-bond donors (Lipinski definition) is 1. The highest BCUT2D eigenvalue weighted by molar-refractivity contribution is 5.27. The standard InChI is InChI=1S/C14H22NO/c1-4-14(15,5-2)10-9-12-7-6-8-13(11-12)16-3/h6-7,11H,4-5,9-10,15H2,1-3H3. The quantitative estimate of drug-likeness (QED) is 0.800. The minimum atomic E-state index is -0.0210. The summed E-state index contributed by atoms with van der Waals surface area (Å²) in [6.45, 7) is 4.31. The zero-order valence-corrected chi connectivity index (χ0v) is 10.5. The van der Waals surface area contributed by atoms with E-state index in [1.54, 1.807) is 7.11 Å². The van der Waals surface area contributed by atoms with Crippen LogP contribution in [0.2, 0.25) is 0 Å². The van der Waals surface area contributed by atoms with Gasteiger partial charge in [-0.25, -0.2) is 0 Å². The van der Waals surface area contributed by atoms with Crippen LogP contribution in [0.1, 0.15) is 38.7 Å². The highest BCUT2D eigenvalue weighted by Gasteiger charge is 2.19. The van der Waals surface area contributed by atoms with Crippen molar-refractivity contribution in [3.05, 3.63) is 29.8 Å². The van der Waals surface area contributed by atoms with Gasteiger partial charge in [0.05, 0.1) is 7.11 Å². The Labute approximate surface area is 98.8 Å². The topological polar surface area (TPSA) is 35.2 Å². The summed E-state index contributed by atoms with van der Waals surface area (Å²) in [5.41, 5.74) is 7.53. The van der Waals surface area contributed by atoms with Crippen molar-refractivity contribution in [3.8, 4) is 5.75 Å². The van der Waals surface area contributed by atoms with Crippen LogP contribution in [0.4, 0.5) is 0 Å². The molecule has 2 heteroatoms. The zero-order valence-electron chi connectivity index (χ0n) is 10.5. The second-order valence-electron chi connectivity index (χ2n) is 4.33. The van der Waals surface area contributed by atoms with E-state index in [4.69, 9.17) is 10.5 Å². The molecule has 1 radical (unpaired) electrons. The number of hydrogen-bond acceptors (Lipinski definition) is 2. The summed E-state index contributed by atoms with van der Waals surface area (Å²) < 4.78 is 5.15.